The van der Waals surface area contributed by atoms with Gasteiger partial charge in [0.15, 0.2) is 11.5 Å². The van der Waals surface area contributed by atoms with Crippen LogP contribution in [-0.2, 0) is 9.59 Å². The lowest BCUT2D eigenvalue weighted by Crippen LogP contribution is -2.51. The molecule has 1 atom stereocenters. The summed E-state index contributed by atoms with van der Waals surface area (Å²) in [6, 6.07) is 12.3. The first-order chi connectivity index (χ1) is 17.6. The zero-order valence-electron chi connectivity index (χ0n) is 20.4. The Bertz CT molecular complexity index is 1070. The van der Waals surface area contributed by atoms with Gasteiger partial charge in [-0.25, -0.2) is 4.39 Å². The van der Waals surface area contributed by atoms with Gasteiger partial charge in [-0.05, 0) is 54.8 Å². The third kappa shape index (κ3) is 5.73. The van der Waals surface area contributed by atoms with Gasteiger partial charge in [0.2, 0.25) is 6.79 Å². The van der Waals surface area contributed by atoms with Crippen molar-refractivity contribution in [3.63, 3.8) is 0 Å². The molecule has 1 saturated carbocycles. The molecule has 2 N–H and O–H groups in total. The van der Waals surface area contributed by atoms with Gasteiger partial charge in [0.25, 0.3) is 0 Å². The molecule has 2 aromatic rings. The number of ether oxygens (including phenoxy) is 2. The Labute approximate surface area is 210 Å². The van der Waals surface area contributed by atoms with Crippen LogP contribution in [0.4, 0.5) is 10.1 Å². The monoisotopic (exact) mass is 496 g/mol. The number of carbonyl (C=O) groups is 2. The van der Waals surface area contributed by atoms with Gasteiger partial charge in [-0.1, -0.05) is 25.3 Å². The molecule has 2 aromatic carbocycles. The molecule has 1 aliphatic carbocycles. The Morgan fingerprint density at radius 1 is 0.917 bits per heavy atom. The number of piperazine rings is 1. The standard InChI is InChI=1S/C27H33FN4O4/c28-20-7-9-22(10-8-20)31-12-14-32(15-13-31)23(19-6-11-24-25(16-19)36-18-35-24)17-29-26(33)27(34)30-21-4-2-1-3-5-21/h6-11,16,21,23H,1-5,12-15,17-18H2,(H,29,33)(H,30,34)/t23-/m1/s1. The van der Waals surface area contributed by atoms with Crippen LogP contribution in [0.25, 0.3) is 0 Å². The summed E-state index contributed by atoms with van der Waals surface area (Å²) in [5.74, 6) is -0.0226. The van der Waals surface area contributed by atoms with Crippen molar-refractivity contribution in [3.05, 3.63) is 53.8 Å². The second-order valence-electron chi connectivity index (χ2n) is 9.65. The van der Waals surface area contributed by atoms with E-state index in [2.05, 4.69) is 20.4 Å². The van der Waals surface area contributed by atoms with Gasteiger partial charge in [0.1, 0.15) is 5.82 Å². The number of rotatable bonds is 6. The van der Waals surface area contributed by atoms with Crippen LogP contribution in [0, 0.1) is 5.82 Å². The molecule has 0 aromatic heterocycles. The van der Waals surface area contributed by atoms with Crippen LogP contribution in [0.5, 0.6) is 11.5 Å². The average Bonchev–Trinajstić information content (AvgIpc) is 3.38. The molecule has 2 heterocycles. The molecule has 0 unspecified atom stereocenters. The van der Waals surface area contributed by atoms with E-state index >= 15 is 0 Å². The minimum Gasteiger partial charge on any atom is -0.454 e. The number of anilines is 1. The third-order valence-corrected chi connectivity index (χ3v) is 7.33. The average molecular weight is 497 g/mol. The minimum absolute atomic E-state index is 0.0844. The summed E-state index contributed by atoms with van der Waals surface area (Å²) in [4.78, 5) is 29.7. The molecule has 0 spiro atoms. The van der Waals surface area contributed by atoms with Crippen molar-refractivity contribution in [2.75, 3.05) is 44.4 Å². The molecule has 2 fully saturated rings. The molecule has 9 heteroatoms. The Balaban J connectivity index is 1.25. The maximum atomic E-state index is 13.3. The van der Waals surface area contributed by atoms with E-state index in [4.69, 9.17) is 9.47 Å². The number of nitrogens with one attached hydrogen (secondary N) is 2. The summed E-state index contributed by atoms with van der Waals surface area (Å²) in [5.41, 5.74) is 1.98. The van der Waals surface area contributed by atoms with Crippen molar-refractivity contribution >= 4 is 17.5 Å². The van der Waals surface area contributed by atoms with Crippen molar-refractivity contribution in [1.29, 1.82) is 0 Å². The summed E-state index contributed by atoms with van der Waals surface area (Å²) in [7, 11) is 0. The van der Waals surface area contributed by atoms with E-state index in [0.717, 1.165) is 63.1 Å². The highest BCUT2D eigenvalue weighted by Crippen LogP contribution is 2.35. The van der Waals surface area contributed by atoms with E-state index in [0.29, 0.717) is 18.0 Å². The highest BCUT2D eigenvalue weighted by Gasteiger charge is 2.28. The van der Waals surface area contributed by atoms with Crippen molar-refractivity contribution in [2.45, 2.75) is 44.2 Å². The quantitative estimate of drug-likeness (QED) is 0.599. The van der Waals surface area contributed by atoms with Crippen LogP contribution in [-0.4, -0.2) is 62.3 Å². The predicted molar refractivity (Wildman–Crippen MR) is 134 cm³/mol. The normalized spacial score (nSPS) is 19.1. The summed E-state index contributed by atoms with van der Waals surface area (Å²) >= 11 is 0. The molecule has 36 heavy (non-hydrogen) atoms. The predicted octanol–water partition coefficient (Wildman–Crippen LogP) is 2.98. The van der Waals surface area contributed by atoms with Gasteiger partial charge in [-0.3, -0.25) is 14.5 Å². The lowest BCUT2D eigenvalue weighted by molar-refractivity contribution is -0.139. The van der Waals surface area contributed by atoms with Crippen LogP contribution < -0.4 is 25.0 Å². The lowest BCUT2D eigenvalue weighted by Gasteiger charge is -2.40. The zero-order chi connectivity index (χ0) is 24.9. The number of halogens is 1. The molecule has 2 aliphatic heterocycles. The number of fused-ring (bicyclic) bond motifs is 1. The van der Waals surface area contributed by atoms with Crippen LogP contribution in [0.15, 0.2) is 42.5 Å². The summed E-state index contributed by atoms with van der Waals surface area (Å²) in [6.45, 7) is 3.53. The fraction of sp³-hybridized carbons (Fsp3) is 0.481. The van der Waals surface area contributed by atoms with Crippen LogP contribution in [0.3, 0.4) is 0 Å². The van der Waals surface area contributed by atoms with Crippen molar-refractivity contribution < 1.29 is 23.5 Å². The third-order valence-electron chi connectivity index (χ3n) is 7.33. The molecular weight excluding hydrogens is 463 g/mol. The Morgan fingerprint density at radius 2 is 1.64 bits per heavy atom. The van der Waals surface area contributed by atoms with E-state index < -0.39 is 11.8 Å². The number of hydrogen-bond donors (Lipinski definition) is 2. The highest BCUT2D eigenvalue weighted by atomic mass is 19.1. The molecule has 8 nitrogen and oxygen atoms in total. The number of benzene rings is 2. The smallest absolute Gasteiger partial charge is 0.309 e. The fourth-order valence-corrected chi connectivity index (χ4v) is 5.29. The minimum atomic E-state index is -0.601. The first-order valence-electron chi connectivity index (χ1n) is 12.8. The zero-order valence-corrected chi connectivity index (χ0v) is 20.4. The Kier molecular flexibility index (Phi) is 7.55. The molecule has 3 aliphatic rings. The van der Waals surface area contributed by atoms with E-state index in [1.807, 2.05) is 18.2 Å². The SMILES string of the molecule is O=C(NC[C@H](c1ccc2c(c1)OCO2)N1CCN(c2ccc(F)cc2)CC1)C(=O)NC1CCCCC1. The van der Waals surface area contributed by atoms with Gasteiger partial charge in [-0.15, -0.1) is 0 Å². The number of carbonyl (C=O) groups excluding carboxylic acids is 2. The number of hydrogen-bond acceptors (Lipinski definition) is 6. The van der Waals surface area contributed by atoms with Crippen LogP contribution in [0.1, 0.15) is 43.7 Å². The first kappa shape index (κ1) is 24.4. The van der Waals surface area contributed by atoms with E-state index in [-0.39, 0.29) is 24.7 Å². The topological polar surface area (TPSA) is 83.1 Å². The van der Waals surface area contributed by atoms with Crippen molar-refractivity contribution in [2.24, 2.45) is 0 Å². The second-order valence-corrected chi connectivity index (χ2v) is 9.65. The Morgan fingerprint density at radius 3 is 2.39 bits per heavy atom. The van der Waals surface area contributed by atoms with E-state index in [1.165, 1.54) is 18.6 Å². The van der Waals surface area contributed by atoms with E-state index in [1.54, 1.807) is 12.1 Å². The maximum absolute atomic E-state index is 13.3. The summed E-state index contributed by atoms with van der Waals surface area (Å²) < 4.78 is 24.4. The molecule has 2 amide bonds. The molecule has 1 saturated heterocycles. The molecule has 0 radical (unpaired) electrons. The van der Waals surface area contributed by atoms with E-state index in [9.17, 15) is 14.0 Å². The Hall–Kier alpha value is -3.33. The summed E-state index contributed by atoms with van der Waals surface area (Å²) in [5, 5.41) is 5.75. The molecule has 5 rings (SSSR count). The van der Waals surface area contributed by atoms with Gasteiger partial charge in [-0.2, -0.15) is 0 Å². The molecule has 192 valence electrons. The second kappa shape index (κ2) is 11.2. The number of nitrogens with zero attached hydrogens (tertiary/aromatic N) is 2. The van der Waals surface area contributed by atoms with Gasteiger partial charge in [0, 0.05) is 44.5 Å². The highest BCUT2D eigenvalue weighted by molar-refractivity contribution is 6.35. The molecular formula is C27H33FN4O4. The first-order valence-corrected chi connectivity index (χ1v) is 12.8. The maximum Gasteiger partial charge on any atom is 0.309 e. The van der Waals surface area contributed by atoms with Crippen molar-refractivity contribution in [1.82, 2.24) is 15.5 Å². The van der Waals surface area contributed by atoms with Crippen LogP contribution in [0.2, 0.25) is 0 Å². The number of amides is 2. The molecule has 0 bridgehead atoms. The largest absolute Gasteiger partial charge is 0.454 e. The van der Waals surface area contributed by atoms with Gasteiger partial charge >= 0.3 is 11.8 Å². The summed E-state index contributed by atoms with van der Waals surface area (Å²) in [6.07, 6.45) is 5.21. The van der Waals surface area contributed by atoms with Gasteiger partial charge < -0.3 is 25.0 Å². The fourth-order valence-electron chi connectivity index (χ4n) is 5.29. The van der Waals surface area contributed by atoms with Crippen molar-refractivity contribution in [3.8, 4) is 11.5 Å². The van der Waals surface area contributed by atoms with Gasteiger partial charge in [0.05, 0.1) is 6.04 Å². The lowest BCUT2D eigenvalue weighted by atomic mass is 9.95. The van der Waals surface area contributed by atoms with Crippen LogP contribution >= 0.6 is 0 Å².